The van der Waals surface area contributed by atoms with Gasteiger partial charge in [0, 0.05) is 5.56 Å². The second-order valence-corrected chi connectivity index (χ2v) is 6.69. The molecule has 0 bridgehead atoms. The van der Waals surface area contributed by atoms with E-state index in [1.807, 2.05) is 36.4 Å². The van der Waals surface area contributed by atoms with Crippen molar-refractivity contribution < 1.29 is 14.6 Å². The maximum Gasteiger partial charge on any atom is 0.289 e. The minimum Gasteiger partial charge on any atom is -0.507 e. The van der Waals surface area contributed by atoms with Gasteiger partial charge in [-0.25, -0.2) is 5.43 Å². The fourth-order valence-corrected chi connectivity index (χ4v) is 3.29. The molecule has 4 rings (SSSR count). The summed E-state index contributed by atoms with van der Waals surface area (Å²) in [5.74, 6) is 0.322. The van der Waals surface area contributed by atoms with Gasteiger partial charge >= 0.3 is 0 Å². The molecule has 0 aliphatic rings. The van der Waals surface area contributed by atoms with Crippen molar-refractivity contribution in [1.82, 2.24) is 15.6 Å². The van der Waals surface area contributed by atoms with E-state index in [1.165, 1.54) is 0 Å². The number of carbonyl (C=O) groups is 1. The first-order valence-electron chi connectivity index (χ1n) is 9.33. The highest BCUT2D eigenvalue weighted by Gasteiger charge is 2.16. The number of hydrogen-bond acceptors (Lipinski definition) is 5. The minimum absolute atomic E-state index is 0.0971. The Labute approximate surface area is 173 Å². The lowest BCUT2D eigenvalue weighted by molar-refractivity contribution is 0.0950. The maximum atomic E-state index is 12.5. The van der Waals surface area contributed by atoms with E-state index < -0.39 is 5.91 Å². The Balaban J connectivity index is 1.62. The number of methoxy groups -OCH3 is 1. The first-order valence-corrected chi connectivity index (χ1v) is 9.33. The summed E-state index contributed by atoms with van der Waals surface area (Å²) in [6, 6.07) is 20.2. The van der Waals surface area contributed by atoms with E-state index in [4.69, 9.17) is 4.74 Å². The molecule has 0 spiro atoms. The monoisotopic (exact) mass is 400 g/mol. The lowest BCUT2D eigenvalue weighted by atomic mass is 10.0. The van der Waals surface area contributed by atoms with Crippen molar-refractivity contribution in [2.45, 2.75) is 6.92 Å². The van der Waals surface area contributed by atoms with Crippen LogP contribution in [0.5, 0.6) is 11.5 Å². The summed E-state index contributed by atoms with van der Waals surface area (Å²) in [4.78, 5) is 12.5. The number of amides is 1. The molecular weight excluding hydrogens is 380 g/mol. The zero-order valence-corrected chi connectivity index (χ0v) is 16.5. The van der Waals surface area contributed by atoms with Crippen LogP contribution in [0.2, 0.25) is 0 Å². The first-order chi connectivity index (χ1) is 14.6. The quantitative estimate of drug-likeness (QED) is 0.347. The number of H-pyrrole nitrogens is 1. The molecule has 1 amide bonds. The van der Waals surface area contributed by atoms with Crippen LogP contribution in [0, 0.1) is 0 Å². The lowest BCUT2D eigenvalue weighted by Gasteiger charge is -2.09. The molecule has 3 aromatic carbocycles. The van der Waals surface area contributed by atoms with Crippen LogP contribution in [0.15, 0.2) is 71.8 Å². The van der Waals surface area contributed by atoms with Gasteiger partial charge in [-0.2, -0.15) is 10.2 Å². The molecule has 1 aromatic heterocycles. The van der Waals surface area contributed by atoms with Gasteiger partial charge in [0.25, 0.3) is 5.91 Å². The van der Waals surface area contributed by atoms with Crippen molar-refractivity contribution in [3.8, 4) is 22.8 Å². The molecule has 0 unspecified atom stereocenters. The average Bonchev–Trinajstić information content (AvgIpc) is 3.26. The van der Waals surface area contributed by atoms with E-state index in [9.17, 15) is 9.90 Å². The number of phenols is 1. The molecule has 0 fully saturated rings. The molecule has 4 aromatic rings. The van der Waals surface area contributed by atoms with Gasteiger partial charge in [-0.1, -0.05) is 42.5 Å². The van der Waals surface area contributed by atoms with Crippen molar-refractivity contribution in [2.24, 2.45) is 5.10 Å². The number of phenolic OH excluding ortho intramolecular Hbond substituents is 1. The molecule has 1 heterocycles. The number of aromatic amines is 1. The van der Waals surface area contributed by atoms with Gasteiger partial charge < -0.3 is 9.84 Å². The van der Waals surface area contributed by atoms with Gasteiger partial charge in [0.05, 0.1) is 24.1 Å². The van der Waals surface area contributed by atoms with Gasteiger partial charge in [0.15, 0.2) is 0 Å². The number of para-hydroxylation sites is 1. The highest BCUT2D eigenvalue weighted by molar-refractivity contribution is 6.03. The number of rotatable bonds is 5. The highest BCUT2D eigenvalue weighted by atomic mass is 16.5. The lowest BCUT2D eigenvalue weighted by Crippen LogP contribution is -2.19. The predicted molar refractivity (Wildman–Crippen MR) is 116 cm³/mol. The fourth-order valence-electron chi connectivity index (χ4n) is 3.29. The second kappa shape index (κ2) is 8.08. The number of benzene rings is 3. The summed E-state index contributed by atoms with van der Waals surface area (Å²) in [6.45, 7) is 1.70. The third kappa shape index (κ3) is 3.60. The molecule has 7 heteroatoms. The number of ether oxygens (including phenoxy) is 1. The van der Waals surface area contributed by atoms with Crippen molar-refractivity contribution >= 4 is 22.4 Å². The fraction of sp³-hybridized carbons (Fsp3) is 0.0870. The number of nitrogens with one attached hydrogen (secondary N) is 2. The molecular formula is C23H20N4O3. The van der Waals surface area contributed by atoms with Crippen LogP contribution in [-0.2, 0) is 0 Å². The maximum absolute atomic E-state index is 12.5. The van der Waals surface area contributed by atoms with Gasteiger partial charge in [-0.05, 0) is 42.0 Å². The number of aromatic hydroxyl groups is 1. The van der Waals surface area contributed by atoms with Crippen molar-refractivity contribution in [1.29, 1.82) is 0 Å². The van der Waals surface area contributed by atoms with Crippen LogP contribution < -0.4 is 10.2 Å². The van der Waals surface area contributed by atoms with Crippen molar-refractivity contribution in [3.05, 3.63) is 78.0 Å². The molecule has 0 atom stereocenters. The molecule has 0 radical (unpaired) electrons. The van der Waals surface area contributed by atoms with Crippen molar-refractivity contribution in [3.63, 3.8) is 0 Å². The third-order valence-electron chi connectivity index (χ3n) is 4.81. The zero-order valence-electron chi connectivity index (χ0n) is 16.5. The smallest absolute Gasteiger partial charge is 0.289 e. The van der Waals surface area contributed by atoms with Crippen molar-refractivity contribution in [2.75, 3.05) is 7.11 Å². The Kier molecular flexibility index (Phi) is 5.17. The largest absolute Gasteiger partial charge is 0.507 e. The van der Waals surface area contributed by atoms with Crippen LogP contribution in [0.3, 0.4) is 0 Å². The van der Waals surface area contributed by atoms with E-state index in [2.05, 4.69) is 20.7 Å². The van der Waals surface area contributed by atoms with Gasteiger partial charge in [-0.3, -0.25) is 9.89 Å². The Bertz CT molecular complexity index is 1260. The summed E-state index contributed by atoms with van der Waals surface area (Å²) in [7, 11) is 1.60. The number of hydrazone groups is 1. The SMILES string of the molecule is COc1ccc2ccccc2c1-c1cc(C(=O)NN=C(C)c2ccccc2O)[nH]n1. The van der Waals surface area contributed by atoms with E-state index in [-0.39, 0.29) is 11.4 Å². The third-order valence-corrected chi connectivity index (χ3v) is 4.81. The normalized spacial score (nSPS) is 11.5. The predicted octanol–water partition coefficient (Wildman–Crippen LogP) is 4.10. The van der Waals surface area contributed by atoms with Crippen LogP contribution in [-0.4, -0.2) is 34.0 Å². The molecule has 0 saturated carbocycles. The van der Waals surface area contributed by atoms with Gasteiger partial charge in [-0.15, -0.1) is 0 Å². The zero-order chi connectivity index (χ0) is 21.1. The summed E-state index contributed by atoms with van der Waals surface area (Å²) >= 11 is 0. The number of nitrogens with zero attached hydrogens (tertiary/aromatic N) is 2. The average molecular weight is 400 g/mol. The molecule has 7 nitrogen and oxygen atoms in total. The van der Waals surface area contributed by atoms with Crippen LogP contribution in [0.1, 0.15) is 23.0 Å². The number of carbonyl (C=O) groups excluding carboxylic acids is 1. The van der Waals surface area contributed by atoms with Gasteiger partial charge in [0.2, 0.25) is 0 Å². The minimum atomic E-state index is -0.442. The summed E-state index contributed by atoms with van der Waals surface area (Å²) < 4.78 is 5.52. The Hall–Kier alpha value is -4.13. The Morgan fingerprint density at radius 2 is 1.87 bits per heavy atom. The van der Waals surface area contributed by atoms with Gasteiger partial charge in [0.1, 0.15) is 17.2 Å². The van der Waals surface area contributed by atoms with E-state index in [0.29, 0.717) is 22.7 Å². The topological polar surface area (TPSA) is 99.6 Å². The number of hydrogen-bond donors (Lipinski definition) is 3. The molecule has 30 heavy (non-hydrogen) atoms. The molecule has 0 saturated heterocycles. The first kappa shape index (κ1) is 19.2. The Morgan fingerprint density at radius 1 is 1.10 bits per heavy atom. The summed E-state index contributed by atoms with van der Waals surface area (Å²) in [6.07, 6.45) is 0. The summed E-state index contributed by atoms with van der Waals surface area (Å²) in [5.41, 5.74) is 5.17. The Morgan fingerprint density at radius 3 is 2.67 bits per heavy atom. The van der Waals surface area contributed by atoms with E-state index in [1.54, 1.807) is 44.4 Å². The summed E-state index contributed by atoms with van der Waals surface area (Å²) in [5, 5.41) is 23.1. The molecule has 0 aliphatic carbocycles. The highest BCUT2D eigenvalue weighted by Crippen LogP contribution is 2.36. The molecule has 150 valence electrons. The van der Waals surface area contributed by atoms with Crippen LogP contribution in [0.4, 0.5) is 0 Å². The number of aromatic nitrogens is 2. The van der Waals surface area contributed by atoms with E-state index >= 15 is 0 Å². The molecule has 3 N–H and O–H groups in total. The van der Waals surface area contributed by atoms with E-state index in [0.717, 1.165) is 16.3 Å². The standard InChI is InChI=1S/C23H20N4O3/c1-14(16-8-5-6-10-20(16)28)24-27-23(29)19-13-18(25-26-19)22-17-9-4-3-7-15(17)11-12-21(22)30-2/h3-13,28H,1-2H3,(H,25,26)(H,27,29). The van der Waals surface area contributed by atoms with Crippen LogP contribution in [0.25, 0.3) is 22.0 Å². The second-order valence-electron chi connectivity index (χ2n) is 6.69. The molecule has 0 aliphatic heterocycles. The number of fused-ring (bicyclic) bond motifs is 1. The van der Waals surface area contributed by atoms with Crippen LogP contribution >= 0.6 is 0 Å².